The van der Waals surface area contributed by atoms with Crippen LogP contribution in [0.5, 0.6) is 0 Å². The van der Waals surface area contributed by atoms with E-state index in [2.05, 4.69) is 10.3 Å². The zero-order valence-electron chi connectivity index (χ0n) is 13.1. The zero-order chi connectivity index (χ0) is 17.7. The Morgan fingerprint density at radius 2 is 2.21 bits per heavy atom. The van der Waals surface area contributed by atoms with Gasteiger partial charge in [-0.25, -0.2) is 9.78 Å². The fourth-order valence-electron chi connectivity index (χ4n) is 2.46. The van der Waals surface area contributed by atoms with E-state index in [1.165, 1.54) is 0 Å². The largest absolute Gasteiger partial charge is 0.405 e. The maximum absolute atomic E-state index is 12.0. The Bertz CT molecular complexity index is 589. The van der Waals surface area contributed by atoms with Crippen LogP contribution in [0.15, 0.2) is 12.4 Å². The molecule has 24 heavy (non-hydrogen) atoms. The number of urea groups is 1. The SMILES string of the molecule is Cn1ccnc1C1CNCCN1CC(=O)NC(=O)NCC(F)(F)F. The minimum absolute atomic E-state index is 0.112. The van der Waals surface area contributed by atoms with Crippen LogP contribution in [-0.4, -0.2) is 65.3 Å². The minimum Gasteiger partial charge on any atom is -0.337 e. The normalized spacial score (nSPS) is 19.1. The summed E-state index contributed by atoms with van der Waals surface area (Å²) in [6, 6.07) is -1.33. The van der Waals surface area contributed by atoms with Crippen LogP contribution in [0.25, 0.3) is 0 Å². The highest BCUT2D eigenvalue weighted by molar-refractivity contribution is 5.95. The van der Waals surface area contributed by atoms with Gasteiger partial charge in [0.1, 0.15) is 12.4 Å². The van der Waals surface area contributed by atoms with E-state index in [4.69, 9.17) is 0 Å². The third-order valence-corrected chi connectivity index (χ3v) is 3.56. The molecular formula is C13H19F3N6O2. The van der Waals surface area contributed by atoms with Crippen molar-refractivity contribution in [1.29, 1.82) is 0 Å². The molecule has 1 fully saturated rings. The molecule has 134 valence electrons. The average molecular weight is 348 g/mol. The molecule has 1 aromatic heterocycles. The number of aryl methyl sites for hydroxylation is 1. The van der Waals surface area contributed by atoms with E-state index in [9.17, 15) is 22.8 Å². The summed E-state index contributed by atoms with van der Waals surface area (Å²) in [7, 11) is 1.83. The lowest BCUT2D eigenvalue weighted by Gasteiger charge is -2.35. The number of aromatic nitrogens is 2. The Labute approximate surface area is 136 Å². The third kappa shape index (κ3) is 5.20. The number of amides is 3. The first-order chi connectivity index (χ1) is 11.3. The van der Waals surface area contributed by atoms with Crippen LogP contribution < -0.4 is 16.0 Å². The van der Waals surface area contributed by atoms with Gasteiger partial charge >= 0.3 is 12.2 Å². The second-order valence-corrected chi connectivity index (χ2v) is 5.43. The van der Waals surface area contributed by atoms with E-state index >= 15 is 0 Å². The van der Waals surface area contributed by atoms with Crippen LogP contribution in [0, 0.1) is 0 Å². The maximum Gasteiger partial charge on any atom is 0.405 e. The Morgan fingerprint density at radius 1 is 1.46 bits per heavy atom. The lowest BCUT2D eigenvalue weighted by Crippen LogP contribution is -2.52. The van der Waals surface area contributed by atoms with Crippen LogP contribution in [0.2, 0.25) is 0 Å². The van der Waals surface area contributed by atoms with Crippen LogP contribution in [0.1, 0.15) is 11.9 Å². The van der Waals surface area contributed by atoms with Gasteiger partial charge in [-0.1, -0.05) is 0 Å². The lowest BCUT2D eigenvalue weighted by atomic mass is 10.1. The van der Waals surface area contributed by atoms with Gasteiger partial charge in [0.15, 0.2) is 0 Å². The average Bonchev–Trinajstić information content (AvgIpc) is 2.91. The van der Waals surface area contributed by atoms with E-state index < -0.39 is 24.7 Å². The summed E-state index contributed by atoms with van der Waals surface area (Å²) in [5, 5.41) is 6.70. The van der Waals surface area contributed by atoms with Gasteiger partial charge in [-0.05, 0) is 0 Å². The molecular weight excluding hydrogens is 329 g/mol. The second-order valence-electron chi connectivity index (χ2n) is 5.43. The first kappa shape index (κ1) is 18.2. The summed E-state index contributed by atoms with van der Waals surface area (Å²) in [5.74, 6) is 0.0901. The highest BCUT2D eigenvalue weighted by Crippen LogP contribution is 2.19. The summed E-state index contributed by atoms with van der Waals surface area (Å²) in [6.45, 7) is 0.191. The number of nitrogens with zero attached hydrogens (tertiary/aromatic N) is 3. The number of halogens is 3. The van der Waals surface area contributed by atoms with Crippen molar-refractivity contribution >= 4 is 11.9 Å². The molecule has 0 bridgehead atoms. The molecule has 11 heteroatoms. The van der Waals surface area contributed by atoms with Gasteiger partial charge in [0.05, 0.1) is 12.6 Å². The topological polar surface area (TPSA) is 91.3 Å². The van der Waals surface area contributed by atoms with Crippen LogP contribution in [-0.2, 0) is 11.8 Å². The van der Waals surface area contributed by atoms with Gasteiger partial charge in [0.25, 0.3) is 0 Å². The van der Waals surface area contributed by atoms with Crippen LogP contribution in [0.3, 0.4) is 0 Å². The number of carbonyl (C=O) groups is 2. The highest BCUT2D eigenvalue weighted by Gasteiger charge is 2.30. The molecule has 8 nitrogen and oxygen atoms in total. The van der Waals surface area contributed by atoms with Crippen LogP contribution in [0.4, 0.5) is 18.0 Å². The fourth-order valence-corrected chi connectivity index (χ4v) is 2.46. The summed E-state index contributed by atoms with van der Waals surface area (Å²) in [4.78, 5) is 29.3. The number of hydrogen-bond donors (Lipinski definition) is 3. The predicted octanol–water partition coefficient (Wildman–Crippen LogP) is -0.245. The Kier molecular flexibility index (Phi) is 5.78. The van der Waals surface area contributed by atoms with E-state index in [-0.39, 0.29) is 12.6 Å². The number of alkyl halides is 3. The monoisotopic (exact) mass is 348 g/mol. The van der Waals surface area contributed by atoms with E-state index in [0.29, 0.717) is 19.6 Å². The number of piperazine rings is 1. The van der Waals surface area contributed by atoms with Crippen LogP contribution >= 0.6 is 0 Å². The zero-order valence-corrected chi connectivity index (χ0v) is 13.1. The molecule has 3 N–H and O–H groups in total. The first-order valence-corrected chi connectivity index (χ1v) is 7.32. The van der Waals surface area contributed by atoms with Gasteiger partial charge in [-0.3, -0.25) is 15.0 Å². The summed E-state index contributed by atoms with van der Waals surface area (Å²) < 4.78 is 37.9. The molecule has 3 amide bonds. The molecule has 0 radical (unpaired) electrons. The summed E-state index contributed by atoms with van der Waals surface area (Å²) >= 11 is 0. The molecule has 0 saturated carbocycles. The Morgan fingerprint density at radius 3 is 2.83 bits per heavy atom. The maximum atomic E-state index is 12.0. The quantitative estimate of drug-likeness (QED) is 0.698. The van der Waals surface area contributed by atoms with E-state index in [1.807, 2.05) is 21.8 Å². The van der Waals surface area contributed by atoms with Gasteiger partial charge < -0.3 is 15.2 Å². The molecule has 1 unspecified atom stereocenters. The molecule has 0 aromatic carbocycles. The van der Waals surface area contributed by atoms with Crippen molar-refractivity contribution in [2.75, 3.05) is 32.7 Å². The molecule has 0 spiro atoms. The molecule has 1 saturated heterocycles. The van der Waals surface area contributed by atoms with Crippen molar-refractivity contribution in [2.24, 2.45) is 7.05 Å². The first-order valence-electron chi connectivity index (χ1n) is 7.32. The second kappa shape index (κ2) is 7.62. The molecule has 1 aromatic rings. The standard InChI is InChI=1S/C13H19F3N6O2/c1-21-4-3-18-11(21)9-6-17-2-5-22(9)7-10(23)20-12(24)19-8-13(14,15)16/h3-4,9,17H,2,5-8H2,1H3,(H2,19,20,23,24). The fraction of sp³-hybridized carbons (Fsp3) is 0.615. The molecule has 1 aliphatic heterocycles. The smallest absolute Gasteiger partial charge is 0.337 e. The number of imide groups is 1. The van der Waals surface area contributed by atoms with E-state index in [0.717, 1.165) is 5.82 Å². The van der Waals surface area contributed by atoms with Gasteiger partial charge in [-0.15, -0.1) is 0 Å². The molecule has 1 atom stereocenters. The Hall–Kier alpha value is -2.14. The van der Waals surface area contributed by atoms with Crippen molar-refractivity contribution in [1.82, 2.24) is 30.4 Å². The molecule has 2 rings (SSSR count). The number of nitrogens with one attached hydrogen (secondary N) is 3. The van der Waals surface area contributed by atoms with Gasteiger partial charge in [0, 0.05) is 39.1 Å². The number of imidazole rings is 1. The summed E-state index contributed by atoms with van der Waals surface area (Å²) in [6.07, 6.45) is -1.10. The number of hydrogen-bond acceptors (Lipinski definition) is 5. The van der Waals surface area contributed by atoms with Crippen molar-refractivity contribution in [3.63, 3.8) is 0 Å². The third-order valence-electron chi connectivity index (χ3n) is 3.56. The van der Waals surface area contributed by atoms with Crippen molar-refractivity contribution in [3.05, 3.63) is 18.2 Å². The van der Waals surface area contributed by atoms with Crippen molar-refractivity contribution in [2.45, 2.75) is 12.2 Å². The molecule has 1 aliphatic rings. The number of rotatable bonds is 4. The minimum atomic E-state index is -4.53. The Balaban J connectivity index is 1.89. The number of carbonyl (C=O) groups excluding carboxylic acids is 2. The molecule has 0 aliphatic carbocycles. The van der Waals surface area contributed by atoms with E-state index in [1.54, 1.807) is 17.7 Å². The highest BCUT2D eigenvalue weighted by atomic mass is 19.4. The summed E-state index contributed by atoms with van der Waals surface area (Å²) in [5.41, 5.74) is 0. The molecule has 2 heterocycles. The van der Waals surface area contributed by atoms with Crippen molar-refractivity contribution in [3.8, 4) is 0 Å². The van der Waals surface area contributed by atoms with Gasteiger partial charge in [-0.2, -0.15) is 13.2 Å². The predicted molar refractivity (Wildman–Crippen MR) is 78.0 cm³/mol. The van der Waals surface area contributed by atoms with Crippen molar-refractivity contribution < 1.29 is 22.8 Å². The van der Waals surface area contributed by atoms with Gasteiger partial charge in [0.2, 0.25) is 5.91 Å². The lowest BCUT2D eigenvalue weighted by molar-refractivity contribution is -0.125.